The molecule has 1 aromatic heterocycles. The number of carbonyl (C=O) groups excluding carboxylic acids is 1. The van der Waals surface area contributed by atoms with E-state index in [-0.39, 0.29) is 11.6 Å². The van der Waals surface area contributed by atoms with Crippen LogP contribution >= 0.6 is 0 Å². The van der Waals surface area contributed by atoms with Gasteiger partial charge in [0, 0.05) is 24.4 Å². The molecule has 0 bridgehead atoms. The van der Waals surface area contributed by atoms with Crippen molar-refractivity contribution in [2.75, 3.05) is 12.4 Å². The van der Waals surface area contributed by atoms with Crippen molar-refractivity contribution in [3.05, 3.63) is 78.1 Å². The molecule has 1 unspecified atom stereocenters. The molecule has 0 radical (unpaired) electrons. The molecule has 3 aromatic rings. The molecule has 27 heavy (non-hydrogen) atoms. The van der Waals surface area contributed by atoms with E-state index in [1.165, 1.54) is 6.07 Å². The number of carbonyl (C=O) groups is 1. The van der Waals surface area contributed by atoms with Gasteiger partial charge in [-0.25, -0.2) is 13.5 Å². The number of hydrogen-bond acceptors (Lipinski definition) is 3. The zero-order chi connectivity index (χ0) is 19.4. The van der Waals surface area contributed by atoms with Gasteiger partial charge in [-0.2, -0.15) is 5.10 Å². The van der Waals surface area contributed by atoms with E-state index in [0.29, 0.717) is 6.54 Å². The van der Waals surface area contributed by atoms with Crippen molar-refractivity contribution < 1.29 is 13.6 Å². The lowest BCUT2D eigenvalue weighted by molar-refractivity contribution is -0.120. The first-order chi connectivity index (χ1) is 12.9. The highest BCUT2D eigenvalue weighted by molar-refractivity contribution is 5.94. The number of hydrogen-bond donors (Lipinski definition) is 1. The smallest absolute Gasteiger partial charge is 0.241 e. The third-order valence-electron chi connectivity index (χ3n) is 4.32. The quantitative estimate of drug-likeness (QED) is 0.721. The van der Waals surface area contributed by atoms with Crippen molar-refractivity contribution in [3.8, 4) is 5.69 Å². The highest BCUT2D eigenvalue weighted by atomic mass is 19.1. The molecule has 1 atom stereocenters. The van der Waals surface area contributed by atoms with Crippen LogP contribution in [-0.2, 0) is 11.3 Å². The first-order valence-corrected chi connectivity index (χ1v) is 8.49. The lowest BCUT2D eigenvalue weighted by atomic mass is 10.2. The zero-order valence-corrected chi connectivity index (χ0v) is 15.1. The summed E-state index contributed by atoms with van der Waals surface area (Å²) in [5, 5.41) is 6.83. The van der Waals surface area contributed by atoms with Crippen LogP contribution in [0.3, 0.4) is 0 Å². The lowest BCUT2D eigenvalue weighted by Crippen LogP contribution is -2.39. The Kier molecular flexibility index (Phi) is 5.61. The molecule has 2 aromatic carbocycles. The Hall–Kier alpha value is -3.06. The maximum Gasteiger partial charge on any atom is 0.241 e. The van der Waals surface area contributed by atoms with Crippen molar-refractivity contribution in [1.29, 1.82) is 0 Å². The van der Waals surface area contributed by atoms with Gasteiger partial charge in [-0.1, -0.05) is 18.2 Å². The van der Waals surface area contributed by atoms with Crippen LogP contribution in [0.4, 0.5) is 14.5 Å². The zero-order valence-electron chi connectivity index (χ0n) is 15.1. The molecule has 3 rings (SSSR count). The Labute approximate surface area is 156 Å². The highest BCUT2D eigenvalue weighted by Crippen LogP contribution is 2.16. The van der Waals surface area contributed by atoms with Crippen LogP contribution in [0, 0.1) is 11.6 Å². The highest BCUT2D eigenvalue weighted by Gasteiger charge is 2.20. The SMILES string of the molecule is CC(C(=O)Nc1ccc(F)cc1F)N(C)Cc1cnn(-c2ccccc2)c1. The van der Waals surface area contributed by atoms with E-state index < -0.39 is 17.7 Å². The van der Waals surface area contributed by atoms with E-state index in [0.717, 1.165) is 23.4 Å². The molecule has 5 nitrogen and oxygen atoms in total. The van der Waals surface area contributed by atoms with Crippen LogP contribution in [0.5, 0.6) is 0 Å². The average molecular weight is 370 g/mol. The summed E-state index contributed by atoms with van der Waals surface area (Å²) in [6.45, 7) is 2.21. The number of nitrogens with one attached hydrogen (secondary N) is 1. The average Bonchev–Trinajstić information content (AvgIpc) is 3.12. The number of halogens is 2. The predicted molar refractivity (Wildman–Crippen MR) is 99.5 cm³/mol. The number of benzene rings is 2. The molecular formula is C20H20F2N4O. The fourth-order valence-electron chi connectivity index (χ4n) is 2.62. The van der Waals surface area contributed by atoms with Crippen molar-refractivity contribution in [2.24, 2.45) is 0 Å². The van der Waals surface area contributed by atoms with Gasteiger partial charge in [0.25, 0.3) is 0 Å². The van der Waals surface area contributed by atoms with E-state index in [2.05, 4.69) is 10.4 Å². The Morgan fingerprint density at radius 1 is 1.22 bits per heavy atom. The molecule has 0 saturated carbocycles. The Morgan fingerprint density at radius 2 is 1.96 bits per heavy atom. The van der Waals surface area contributed by atoms with Crippen LogP contribution in [0.15, 0.2) is 60.9 Å². The van der Waals surface area contributed by atoms with Crippen molar-refractivity contribution in [2.45, 2.75) is 19.5 Å². The fourth-order valence-corrected chi connectivity index (χ4v) is 2.62. The Balaban J connectivity index is 1.62. The normalized spacial score (nSPS) is 12.2. The monoisotopic (exact) mass is 370 g/mol. The predicted octanol–water partition coefficient (Wildman–Crippen LogP) is 3.61. The number of para-hydroxylation sites is 1. The topological polar surface area (TPSA) is 50.2 Å². The van der Waals surface area contributed by atoms with Gasteiger partial charge in [-0.05, 0) is 38.2 Å². The van der Waals surface area contributed by atoms with Crippen molar-refractivity contribution in [3.63, 3.8) is 0 Å². The maximum atomic E-state index is 13.7. The minimum Gasteiger partial charge on any atom is -0.322 e. The van der Waals surface area contributed by atoms with E-state index in [4.69, 9.17) is 0 Å². The number of anilines is 1. The molecule has 140 valence electrons. The van der Waals surface area contributed by atoms with Crippen LogP contribution in [0.1, 0.15) is 12.5 Å². The molecule has 0 saturated heterocycles. The number of rotatable bonds is 6. The van der Waals surface area contributed by atoms with Gasteiger partial charge in [-0.3, -0.25) is 9.69 Å². The number of amides is 1. The van der Waals surface area contributed by atoms with E-state index in [9.17, 15) is 13.6 Å². The molecule has 0 spiro atoms. The summed E-state index contributed by atoms with van der Waals surface area (Å²) in [6, 6.07) is 12.2. The Morgan fingerprint density at radius 3 is 2.67 bits per heavy atom. The molecule has 1 heterocycles. The van der Waals surface area contributed by atoms with Crippen LogP contribution in [0.25, 0.3) is 5.69 Å². The van der Waals surface area contributed by atoms with Gasteiger partial charge in [0.2, 0.25) is 5.91 Å². The third kappa shape index (κ3) is 4.57. The summed E-state index contributed by atoms with van der Waals surface area (Å²) < 4.78 is 28.4. The molecular weight excluding hydrogens is 350 g/mol. The molecule has 1 amide bonds. The van der Waals surface area contributed by atoms with Gasteiger partial charge in [0.15, 0.2) is 0 Å². The number of likely N-dealkylation sites (N-methyl/N-ethyl adjacent to an activating group) is 1. The molecule has 0 aliphatic heterocycles. The standard InChI is InChI=1S/C20H20F2N4O/c1-14(20(27)24-19-9-8-16(21)10-18(19)22)25(2)12-15-11-23-26(13-15)17-6-4-3-5-7-17/h3-11,13-14H,12H2,1-2H3,(H,24,27). The largest absolute Gasteiger partial charge is 0.322 e. The summed E-state index contributed by atoms with van der Waals surface area (Å²) in [7, 11) is 1.80. The van der Waals surface area contributed by atoms with Crippen LogP contribution in [-0.4, -0.2) is 33.7 Å². The summed E-state index contributed by atoms with van der Waals surface area (Å²) in [5.74, 6) is -1.87. The minimum absolute atomic E-state index is 0.0430. The van der Waals surface area contributed by atoms with Crippen LogP contribution in [0.2, 0.25) is 0 Å². The van der Waals surface area contributed by atoms with E-state index in [1.54, 1.807) is 24.9 Å². The molecule has 0 aliphatic rings. The summed E-state index contributed by atoms with van der Waals surface area (Å²) in [6.07, 6.45) is 3.64. The van der Waals surface area contributed by atoms with Crippen molar-refractivity contribution >= 4 is 11.6 Å². The third-order valence-corrected chi connectivity index (χ3v) is 4.32. The van der Waals surface area contributed by atoms with E-state index >= 15 is 0 Å². The first kappa shape index (κ1) is 18.7. The lowest BCUT2D eigenvalue weighted by Gasteiger charge is -2.23. The van der Waals surface area contributed by atoms with Gasteiger partial charge in [0.1, 0.15) is 11.6 Å². The minimum atomic E-state index is -0.803. The Bertz CT molecular complexity index is 927. The van der Waals surface area contributed by atoms with Gasteiger partial charge in [0.05, 0.1) is 23.6 Å². The van der Waals surface area contributed by atoms with Gasteiger partial charge in [-0.15, -0.1) is 0 Å². The van der Waals surface area contributed by atoms with E-state index in [1.807, 2.05) is 41.4 Å². The maximum absolute atomic E-state index is 13.7. The number of aromatic nitrogens is 2. The summed E-state index contributed by atoms with van der Waals surface area (Å²) in [5.41, 5.74) is 1.84. The van der Waals surface area contributed by atoms with Gasteiger partial charge >= 0.3 is 0 Å². The van der Waals surface area contributed by atoms with Crippen LogP contribution < -0.4 is 5.32 Å². The molecule has 1 N–H and O–H groups in total. The molecule has 7 heteroatoms. The first-order valence-electron chi connectivity index (χ1n) is 8.49. The molecule has 0 aliphatic carbocycles. The molecule has 0 fully saturated rings. The second kappa shape index (κ2) is 8.09. The second-order valence-corrected chi connectivity index (χ2v) is 6.33. The fraction of sp³-hybridized carbons (Fsp3) is 0.200. The second-order valence-electron chi connectivity index (χ2n) is 6.33. The van der Waals surface area contributed by atoms with Crippen molar-refractivity contribution in [1.82, 2.24) is 14.7 Å². The summed E-state index contributed by atoms with van der Waals surface area (Å²) in [4.78, 5) is 14.2. The number of nitrogens with zero attached hydrogens (tertiary/aromatic N) is 3. The summed E-state index contributed by atoms with van der Waals surface area (Å²) >= 11 is 0. The van der Waals surface area contributed by atoms with Gasteiger partial charge < -0.3 is 5.32 Å².